The molecule has 2 rings (SSSR count). The monoisotopic (exact) mass is 331 g/mol. The molecular weight excluding hydrogens is 316 g/mol. The molecule has 0 bridgehead atoms. The molecule has 0 aliphatic carbocycles. The number of hydrogen-bond donors (Lipinski definition) is 0. The predicted molar refractivity (Wildman–Crippen MR) is 76.6 cm³/mol. The largest absolute Gasteiger partial charge is 0.338 e. The van der Waals surface area contributed by atoms with Crippen molar-refractivity contribution in [2.24, 2.45) is 7.05 Å². The highest BCUT2D eigenvalue weighted by Crippen LogP contribution is 2.18. The van der Waals surface area contributed by atoms with Crippen LogP contribution in [0.5, 0.6) is 0 Å². The quantitative estimate of drug-likeness (QED) is 0.843. The van der Waals surface area contributed by atoms with E-state index in [1.165, 1.54) is 21.8 Å². The van der Waals surface area contributed by atoms with Crippen molar-refractivity contribution >= 4 is 17.5 Å². The van der Waals surface area contributed by atoms with Crippen LogP contribution in [0.2, 0.25) is 5.02 Å². The fourth-order valence-corrected chi connectivity index (χ4v) is 2.20. The zero-order valence-corrected chi connectivity index (χ0v) is 13.2. The van der Waals surface area contributed by atoms with Crippen molar-refractivity contribution < 1.29 is 13.6 Å². The van der Waals surface area contributed by atoms with Crippen LogP contribution in [0, 0.1) is 6.92 Å². The van der Waals surface area contributed by atoms with E-state index in [-0.39, 0.29) is 24.7 Å². The molecule has 2 heterocycles. The topological polar surface area (TPSA) is 56.0 Å². The Morgan fingerprint density at radius 1 is 1.50 bits per heavy atom. The maximum atomic E-state index is 12.6. The van der Waals surface area contributed by atoms with Gasteiger partial charge in [-0.2, -0.15) is 10.2 Å². The molecule has 2 aromatic rings. The third kappa shape index (κ3) is 3.44. The van der Waals surface area contributed by atoms with Crippen molar-refractivity contribution in [3.05, 3.63) is 34.4 Å². The van der Waals surface area contributed by atoms with E-state index in [2.05, 4.69) is 10.2 Å². The summed E-state index contributed by atoms with van der Waals surface area (Å²) in [6.07, 6.45) is -1.15. The van der Waals surface area contributed by atoms with Crippen molar-refractivity contribution in [1.29, 1.82) is 0 Å². The van der Waals surface area contributed by atoms with Crippen molar-refractivity contribution in [2.75, 3.05) is 7.05 Å². The number of likely N-dealkylation sites (N-methyl/N-ethyl adjacent to an activating group) is 1. The van der Waals surface area contributed by atoms with Crippen molar-refractivity contribution in [3.8, 4) is 0 Å². The number of alkyl halides is 2. The van der Waals surface area contributed by atoms with Gasteiger partial charge in [-0.25, -0.2) is 8.78 Å². The Hall–Kier alpha value is -1.96. The van der Waals surface area contributed by atoms with Crippen LogP contribution in [0.4, 0.5) is 8.78 Å². The van der Waals surface area contributed by atoms with E-state index in [4.69, 9.17) is 11.6 Å². The van der Waals surface area contributed by atoms with E-state index in [9.17, 15) is 13.6 Å². The first-order chi connectivity index (χ1) is 10.3. The molecule has 120 valence electrons. The van der Waals surface area contributed by atoms with Gasteiger partial charge >= 0.3 is 0 Å². The van der Waals surface area contributed by atoms with Crippen LogP contribution in [-0.2, 0) is 24.9 Å². The second kappa shape index (κ2) is 6.43. The molecule has 6 nitrogen and oxygen atoms in total. The van der Waals surface area contributed by atoms with Gasteiger partial charge in [0.2, 0.25) is 5.91 Å². The molecule has 0 aromatic carbocycles. The Morgan fingerprint density at radius 3 is 2.68 bits per heavy atom. The van der Waals surface area contributed by atoms with E-state index >= 15 is 0 Å². The average Bonchev–Trinajstić information content (AvgIpc) is 2.96. The molecule has 0 saturated heterocycles. The van der Waals surface area contributed by atoms with Crippen molar-refractivity contribution in [3.63, 3.8) is 0 Å². The molecule has 2 aromatic heterocycles. The van der Waals surface area contributed by atoms with E-state index in [0.29, 0.717) is 16.4 Å². The first kappa shape index (κ1) is 16.4. The summed E-state index contributed by atoms with van der Waals surface area (Å²) < 4.78 is 28.1. The van der Waals surface area contributed by atoms with Crippen LogP contribution in [0.25, 0.3) is 0 Å². The lowest BCUT2D eigenvalue weighted by Crippen LogP contribution is -2.31. The van der Waals surface area contributed by atoms with Crippen LogP contribution < -0.4 is 0 Å². The number of aryl methyl sites for hydroxylation is 2. The third-order valence-corrected chi connectivity index (χ3v) is 3.65. The fraction of sp³-hybridized carbons (Fsp3) is 0.462. The van der Waals surface area contributed by atoms with Gasteiger partial charge in [-0.05, 0) is 13.0 Å². The Morgan fingerprint density at radius 2 is 2.18 bits per heavy atom. The number of aromatic nitrogens is 4. The van der Waals surface area contributed by atoms with E-state index in [1.807, 2.05) is 0 Å². The Bertz CT molecular complexity index is 663. The van der Waals surface area contributed by atoms with E-state index in [0.717, 1.165) is 0 Å². The Kier molecular flexibility index (Phi) is 4.80. The first-order valence-electron chi connectivity index (χ1n) is 6.52. The van der Waals surface area contributed by atoms with E-state index < -0.39 is 6.43 Å². The van der Waals surface area contributed by atoms with Gasteiger partial charge in [-0.3, -0.25) is 14.2 Å². The van der Waals surface area contributed by atoms with Crippen LogP contribution in [0.3, 0.4) is 0 Å². The summed E-state index contributed by atoms with van der Waals surface area (Å²) in [7, 11) is 3.34. The average molecular weight is 332 g/mol. The zero-order chi connectivity index (χ0) is 16.4. The molecule has 0 saturated carbocycles. The number of hydrogen-bond acceptors (Lipinski definition) is 3. The highest BCUT2D eigenvalue weighted by molar-refractivity contribution is 6.31. The molecule has 0 fully saturated rings. The van der Waals surface area contributed by atoms with Gasteiger partial charge < -0.3 is 4.90 Å². The highest BCUT2D eigenvalue weighted by Gasteiger charge is 2.18. The second-order valence-corrected chi connectivity index (χ2v) is 5.39. The van der Waals surface area contributed by atoms with E-state index in [1.54, 1.807) is 25.7 Å². The molecule has 22 heavy (non-hydrogen) atoms. The van der Waals surface area contributed by atoms with Crippen molar-refractivity contribution in [1.82, 2.24) is 24.5 Å². The zero-order valence-electron chi connectivity index (χ0n) is 12.4. The number of rotatable bonds is 5. The summed E-state index contributed by atoms with van der Waals surface area (Å²) in [6.45, 7) is 1.80. The van der Waals surface area contributed by atoms with Crippen LogP contribution in [0.15, 0.2) is 12.3 Å². The summed E-state index contributed by atoms with van der Waals surface area (Å²) in [5, 5.41) is 8.20. The molecule has 0 atom stereocenters. The van der Waals surface area contributed by atoms with Gasteiger partial charge in [-0.15, -0.1) is 0 Å². The molecule has 0 radical (unpaired) electrons. The lowest BCUT2D eigenvalue weighted by Gasteiger charge is -2.18. The molecular formula is C13H16ClF2N5O. The minimum absolute atomic E-state index is 0.107. The summed E-state index contributed by atoms with van der Waals surface area (Å²) >= 11 is 6.00. The number of carbonyl (C=O) groups is 1. The van der Waals surface area contributed by atoms with Gasteiger partial charge in [-0.1, -0.05) is 11.6 Å². The molecule has 0 unspecified atom stereocenters. The number of halogens is 3. The third-order valence-electron chi connectivity index (χ3n) is 3.33. The van der Waals surface area contributed by atoms with Gasteiger partial charge in [0.05, 0.1) is 23.5 Å². The summed E-state index contributed by atoms with van der Waals surface area (Å²) in [5.41, 5.74) is 0.876. The van der Waals surface area contributed by atoms with Gasteiger partial charge in [0.1, 0.15) is 12.2 Å². The minimum atomic E-state index is -2.65. The normalized spacial score (nSPS) is 11.2. The van der Waals surface area contributed by atoms with Crippen LogP contribution in [-0.4, -0.2) is 37.4 Å². The summed E-state index contributed by atoms with van der Waals surface area (Å²) in [6, 6.07) is 1.27. The van der Waals surface area contributed by atoms with Gasteiger partial charge in [0.15, 0.2) is 0 Å². The Labute approximate surface area is 131 Å². The number of carbonyl (C=O) groups excluding carboxylic acids is 1. The summed E-state index contributed by atoms with van der Waals surface area (Å²) in [5.74, 6) is -0.260. The molecule has 0 N–H and O–H groups in total. The summed E-state index contributed by atoms with van der Waals surface area (Å²) in [4.78, 5) is 13.6. The number of nitrogens with zero attached hydrogens (tertiary/aromatic N) is 5. The molecule has 0 spiro atoms. The first-order valence-corrected chi connectivity index (χ1v) is 6.90. The fourth-order valence-electron chi connectivity index (χ4n) is 1.98. The smallest absolute Gasteiger partial charge is 0.282 e. The Balaban J connectivity index is 2.06. The van der Waals surface area contributed by atoms with Gasteiger partial charge in [0.25, 0.3) is 6.43 Å². The van der Waals surface area contributed by atoms with Crippen LogP contribution in [0.1, 0.15) is 23.5 Å². The minimum Gasteiger partial charge on any atom is -0.338 e. The lowest BCUT2D eigenvalue weighted by atomic mass is 10.3. The SMILES string of the molecule is Cc1cc(C(F)F)nn1CC(=O)N(C)Cc1c(Cl)cnn1C. The second-order valence-electron chi connectivity index (χ2n) is 4.98. The standard InChI is InChI=1S/C13H16ClF2N5O/c1-8-4-10(13(15)16)18-21(8)7-12(22)19(2)6-11-9(14)5-17-20(11)3/h4-5,13H,6-7H2,1-3H3. The lowest BCUT2D eigenvalue weighted by molar-refractivity contribution is -0.131. The molecule has 9 heteroatoms. The van der Waals surface area contributed by atoms with Crippen molar-refractivity contribution in [2.45, 2.75) is 26.4 Å². The maximum Gasteiger partial charge on any atom is 0.282 e. The van der Waals surface area contributed by atoms with Gasteiger partial charge in [0, 0.05) is 19.8 Å². The number of amides is 1. The highest BCUT2D eigenvalue weighted by atomic mass is 35.5. The van der Waals surface area contributed by atoms with Crippen LogP contribution >= 0.6 is 11.6 Å². The molecule has 1 amide bonds. The maximum absolute atomic E-state index is 12.6. The molecule has 0 aliphatic rings. The predicted octanol–water partition coefficient (Wildman–Crippen LogP) is 2.17. The molecule has 0 aliphatic heterocycles.